The van der Waals surface area contributed by atoms with Crippen LogP contribution < -0.4 is 14.8 Å². The van der Waals surface area contributed by atoms with Crippen LogP contribution in [0.1, 0.15) is 29.6 Å². The molecule has 1 saturated heterocycles. The lowest BCUT2D eigenvalue weighted by Crippen LogP contribution is -2.30. The van der Waals surface area contributed by atoms with Crippen LogP contribution in [0.4, 0.5) is 5.69 Å². The van der Waals surface area contributed by atoms with Crippen molar-refractivity contribution >= 4 is 33.3 Å². The highest BCUT2D eigenvalue weighted by molar-refractivity contribution is 7.89. The van der Waals surface area contributed by atoms with E-state index >= 15 is 0 Å². The van der Waals surface area contributed by atoms with Crippen LogP contribution in [0.15, 0.2) is 41.3 Å². The second-order valence-electron chi connectivity index (χ2n) is 6.28. The summed E-state index contributed by atoms with van der Waals surface area (Å²) in [6.07, 6.45) is 2.90. The van der Waals surface area contributed by atoms with Gasteiger partial charge < -0.3 is 14.7 Å². The Labute approximate surface area is 162 Å². The molecule has 2 aromatic rings. The first-order valence-corrected chi connectivity index (χ1v) is 10.3. The molecule has 144 valence electrons. The number of nitrogens with zero attached hydrogens (tertiary/aromatic N) is 1. The maximum atomic E-state index is 12.2. The largest absolute Gasteiger partial charge is 0.478 e. The average molecular weight is 411 g/mol. The molecular formula is C18H19ClN2O5S. The average Bonchev–Trinajstić information content (AvgIpc) is 2.63. The number of hydrogen-bond donors (Lipinski definition) is 2. The van der Waals surface area contributed by atoms with Crippen molar-refractivity contribution in [2.75, 3.05) is 18.0 Å². The van der Waals surface area contributed by atoms with E-state index in [0.717, 1.165) is 25.3 Å². The minimum atomic E-state index is -4.22. The molecule has 0 aromatic heterocycles. The summed E-state index contributed by atoms with van der Waals surface area (Å²) in [4.78, 5) is 13.1. The first-order valence-electron chi connectivity index (χ1n) is 8.38. The number of piperidine rings is 1. The molecule has 1 aliphatic rings. The fourth-order valence-electron chi connectivity index (χ4n) is 3.02. The van der Waals surface area contributed by atoms with Crippen LogP contribution in [-0.2, 0) is 10.0 Å². The summed E-state index contributed by atoms with van der Waals surface area (Å²) in [6.45, 7) is 1.34. The zero-order chi connectivity index (χ0) is 19.6. The number of nitrogens with two attached hydrogens (primary N) is 1. The summed E-state index contributed by atoms with van der Waals surface area (Å²) in [6, 6.07) is 8.87. The van der Waals surface area contributed by atoms with Crippen LogP contribution in [0.2, 0.25) is 5.02 Å². The number of carbonyl (C=O) groups is 1. The number of rotatable bonds is 5. The molecule has 0 aliphatic carbocycles. The summed E-state index contributed by atoms with van der Waals surface area (Å²) in [7, 11) is -4.22. The monoisotopic (exact) mass is 410 g/mol. The van der Waals surface area contributed by atoms with Gasteiger partial charge in [0.1, 0.15) is 10.6 Å². The lowest BCUT2D eigenvalue weighted by Gasteiger charge is -2.31. The minimum absolute atomic E-state index is 0.0201. The lowest BCUT2D eigenvalue weighted by atomic mass is 10.1. The predicted molar refractivity (Wildman–Crippen MR) is 102 cm³/mol. The van der Waals surface area contributed by atoms with Crippen molar-refractivity contribution in [1.82, 2.24) is 0 Å². The lowest BCUT2D eigenvalue weighted by molar-refractivity contribution is 0.0696. The molecule has 1 aliphatic heterocycles. The van der Waals surface area contributed by atoms with Gasteiger partial charge in [-0.1, -0.05) is 11.6 Å². The maximum Gasteiger partial charge on any atom is 0.335 e. The van der Waals surface area contributed by atoms with Crippen LogP contribution in [-0.4, -0.2) is 32.6 Å². The number of anilines is 1. The Kier molecular flexibility index (Phi) is 5.59. The Morgan fingerprint density at radius 1 is 1.11 bits per heavy atom. The molecule has 9 heteroatoms. The molecule has 7 nitrogen and oxygen atoms in total. The first kappa shape index (κ1) is 19.5. The van der Waals surface area contributed by atoms with E-state index in [9.17, 15) is 18.3 Å². The maximum absolute atomic E-state index is 12.2. The number of hydrogen-bond acceptors (Lipinski definition) is 5. The smallest absolute Gasteiger partial charge is 0.335 e. The molecule has 3 rings (SSSR count). The quantitative estimate of drug-likeness (QED) is 0.780. The van der Waals surface area contributed by atoms with Crippen molar-refractivity contribution < 1.29 is 23.1 Å². The summed E-state index contributed by atoms with van der Waals surface area (Å²) in [5.41, 5.74) is 0.233. The van der Waals surface area contributed by atoms with Crippen molar-refractivity contribution in [3.05, 3.63) is 47.0 Å². The van der Waals surface area contributed by atoms with Crippen molar-refractivity contribution in [2.24, 2.45) is 5.14 Å². The van der Waals surface area contributed by atoms with Gasteiger partial charge in [0.2, 0.25) is 10.0 Å². The van der Waals surface area contributed by atoms with Crippen LogP contribution >= 0.6 is 11.6 Å². The Bertz CT molecular complexity index is 954. The Morgan fingerprint density at radius 2 is 1.74 bits per heavy atom. The van der Waals surface area contributed by atoms with Crippen LogP contribution in [0.3, 0.4) is 0 Å². The fourth-order valence-corrected chi connectivity index (χ4v) is 3.84. The van der Waals surface area contributed by atoms with Gasteiger partial charge in [0, 0.05) is 18.1 Å². The number of sulfonamides is 1. The summed E-state index contributed by atoms with van der Waals surface area (Å²) in [5.74, 6) is -0.853. The Hall–Kier alpha value is -2.29. The van der Waals surface area contributed by atoms with E-state index in [-0.39, 0.29) is 16.2 Å². The van der Waals surface area contributed by atoms with E-state index < -0.39 is 16.0 Å². The number of primary sulfonamides is 1. The third-order valence-corrected chi connectivity index (χ3v) is 5.49. The van der Waals surface area contributed by atoms with E-state index in [1.54, 1.807) is 24.3 Å². The van der Waals surface area contributed by atoms with Gasteiger partial charge >= 0.3 is 5.97 Å². The van der Waals surface area contributed by atoms with Gasteiger partial charge in [0.15, 0.2) is 5.75 Å². The van der Waals surface area contributed by atoms with Gasteiger partial charge in [-0.25, -0.2) is 18.4 Å². The van der Waals surface area contributed by atoms with Gasteiger partial charge in [0.05, 0.1) is 11.3 Å². The second kappa shape index (κ2) is 7.75. The Morgan fingerprint density at radius 3 is 2.30 bits per heavy atom. The predicted octanol–water partition coefficient (Wildman–Crippen LogP) is 3.47. The Balaban J connectivity index is 2.19. The molecule has 1 fully saturated rings. The highest BCUT2D eigenvalue weighted by Crippen LogP contribution is 2.40. The summed E-state index contributed by atoms with van der Waals surface area (Å²) in [5, 5.41) is 15.3. The van der Waals surface area contributed by atoms with E-state index in [1.165, 1.54) is 6.07 Å². The number of ether oxygens (including phenoxy) is 1. The van der Waals surface area contributed by atoms with E-state index in [1.807, 2.05) is 4.90 Å². The summed E-state index contributed by atoms with van der Waals surface area (Å²) >= 11 is 5.88. The number of carboxylic acid groups (broad SMARTS) is 1. The highest BCUT2D eigenvalue weighted by atomic mass is 35.5. The van der Waals surface area contributed by atoms with Crippen LogP contribution in [0.5, 0.6) is 11.5 Å². The zero-order valence-electron chi connectivity index (χ0n) is 14.4. The standard InChI is InChI=1S/C18H19ClN2O5S/c19-13-4-6-14(7-5-13)26-17-15(21-8-2-1-3-9-21)10-12(18(22)23)11-16(17)27(20,24)25/h4-7,10-11H,1-3,8-9H2,(H,22,23)(H2,20,24,25). The van der Waals surface area contributed by atoms with Crippen molar-refractivity contribution in [2.45, 2.75) is 24.2 Å². The third kappa shape index (κ3) is 4.52. The van der Waals surface area contributed by atoms with Gasteiger partial charge in [-0.2, -0.15) is 0 Å². The minimum Gasteiger partial charge on any atom is -0.478 e. The second-order valence-corrected chi connectivity index (χ2v) is 8.24. The van der Waals surface area contributed by atoms with Crippen molar-refractivity contribution in [1.29, 1.82) is 0 Å². The molecule has 0 unspecified atom stereocenters. The molecule has 1 heterocycles. The van der Waals surface area contributed by atoms with Gasteiger partial charge in [-0.3, -0.25) is 0 Å². The number of halogens is 1. The van der Waals surface area contributed by atoms with Gasteiger partial charge in [-0.05, 0) is 55.7 Å². The molecular weight excluding hydrogens is 392 g/mol. The fraction of sp³-hybridized carbons (Fsp3) is 0.278. The van der Waals surface area contributed by atoms with Gasteiger partial charge in [-0.15, -0.1) is 0 Å². The van der Waals surface area contributed by atoms with E-state index in [2.05, 4.69) is 0 Å². The normalized spacial score (nSPS) is 14.8. The number of benzene rings is 2. The van der Waals surface area contributed by atoms with Gasteiger partial charge in [0.25, 0.3) is 0 Å². The third-order valence-electron chi connectivity index (χ3n) is 4.32. The molecule has 0 bridgehead atoms. The molecule has 0 amide bonds. The molecule has 0 radical (unpaired) electrons. The van der Waals surface area contributed by atoms with Crippen LogP contribution in [0, 0.1) is 0 Å². The van der Waals surface area contributed by atoms with Crippen molar-refractivity contribution in [3.63, 3.8) is 0 Å². The van der Waals surface area contributed by atoms with E-state index in [4.69, 9.17) is 21.5 Å². The first-order chi connectivity index (χ1) is 12.8. The molecule has 0 atom stereocenters. The number of carboxylic acids is 1. The number of aromatic carboxylic acids is 1. The summed E-state index contributed by atoms with van der Waals surface area (Å²) < 4.78 is 30.2. The van der Waals surface area contributed by atoms with Crippen LogP contribution in [0.25, 0.3) is 0 Å². The topological polar surface area (TPSA) is 110 Å². The zero-order valence-corrected chi connectivity index (χ0v) is 16.0. The molecule has 0 spiro atoms. The highest BCUT2D eigenvalue weighted by Gasteiger charge is 2.26. The SMILES string of the molecule is NS(=O)(=O)c1cc(C(=O)O)cc(N2CCCCC2)c1Oc1ccc(Cl)cc1. The molecule has 0 saturated carbocycles. The van der Waals surface area contributed by atoms with Crippen molar-refractivity contribution in [3.8, 4) is 11.5 Å². The molecule has 27 heavy (non-hydrogen) atoms. The molecule has 3 N–H and O–H groups in total. The van der Waals surface area contributed by atoms with E-state index in [0.29, 0.717) is 29.5 Å². The molecule has 2 aromatic carbocycles.